The van der Waals surface area contributed by atoms with Crippen molar-refractivity contribution in [2.24, 2.45) is 0 Å². The average molecular weight is 1430 g/mol. The fraction of sp³-hybridized carbons (Fsp3) is 0.0192. The lowest BCUT2D eigenvalue weighted by molar-refractivity contribution is 0.436. The van der Waals surface area contributed by atoms with E-state index in [1.54, 1.807) is 0 Å². The highest BCUT2D eigenvalue weighted by Gasteiger charge is 2.52. The first-order valence-electron chi connectivity index (χ1n) is 37.9. The quantitative estimate of drug-likeness (QED) is 0.126. The lowest BCUT2D eigenvalue weighted by atomic mass is 9.66. The topological polar surface area (TPSA) is 95.8 Å². The minimum atomic E-state index is -0.532. The summed E-state index contributed by atoms with van der Waals surface area (Å²) in [6.45, 7) is 0. The van der Waals surface area contributed by atoms with E-state index in [0.29, 0.717) is 34.9 Å². The van der Waals surface area contributed by atoms with E-state index in [9.17, 15) is 0 Å². The van der Waals surface area contributed by atoms with E-state index in [1.165, 1.54) is 44.5 Å². The van der Waals surface area contributed by atoms with Crippen LogP contribution in [0.4, 0.5) is 0 Å². The Bertz CT molecular complexity index is 6710. The molecule has 0 unspecified atom stereocenters. The number of rotatable bonds is 11. The van der Waals surface area contributed by atoms with Gasteiger partial charge >= 0.3 is 0 Å². The second-order valence-corrected chi connectivity index (χ2v) is 29.1. The van der Waals surface area contributed by atoms with Gasteiger partial charge in [0.1, 0.15) is 23.0 Å². The van der Waals surface area contributed by atoms with Crippen molar-refractivity contribution in [3.63, 3.8) is 0 Å². The van der Waals surface area contributed by atoms with E-state index in [1.807, 2.05) is 36.4 Å². The van der Waals surface area contributed by atoms with Crippen molar-refractivity contribution in [3.8, 4) is 169 Å². The van der Waals surface area contributed by atoms with Gasteiger partial charge in [-0.05, 0) is 137 Å². The maximum Gasteiger partial charge on any atom is 0.164 e. The number of para-hydroxylation sites is 2. The molecular formula is C104H64N6O2. The molecular weight excluding hydrogens is 1370 g/mol. The van der Waals surface area contributed by atoms with Crippen molar-refractivity contribution >= 4 is 0 Å². The molecule has 2 aliphatic carbocycles. The molecule has 8 heteroatoms. The van der Waals surface area contributed by atoms with Crippen LogP contribution in [0.1, 0.15) is 44.5 Å². The molecule has 0 amide bonds. The summed E-state index contributed by atoms with van der Waals surface area (Å²) in [5.41, 5.74) is 29.5. The van der Waals surface area contributed by atoms with Gasteiger partial charge in [-0.25, -0.2) is 29.9 Å². The summed E-state index contributed by atoms with van der Waals surface area (Å²) in [7, 11) is 0. The molecule has 2 aromatic heterocycles. The Balaban J connectivity index is 0.559. The maximum absolute atomic E-state index is 6.90. The highest BCUT2D eigenvalue weighted by molar-refractivity contribution is 5.92. The van der Waals surface area contributed by atoms with Crippen LogP contribution in [0, 0.1) is 0 Å². The van der Waals surface area contributed by atoms with Crippen LogP contribution in [-0.4, -0.2) is 29.9 Å². The standard InChI is InChI=1S/C104H64N6O2/c1-3-21-65(22-4-1)66-41-49-71(50-42-66)98-106-99(108-100(107-98)73-53-45-68(46-54-73)78-57-59-91-95(63-78)111-93-39-17-15-37-89(93)103(91)85-33-11-7-29-81(85)82-30-8-12-34-86(82)103)72-51-43-67(44-52-72)75-25-19-26-76(61-75)77-27-20-28-80(62-77)102-109-97(70-23-5-2-6-24-70)105-101(110-102)74-55-47-69(48-56-74)79-58-60-92-96(64-79)112-94-40-18-16-38-90(94)104(92)87-35-13-9-31-83(87)84-32-10-14-36-88(84)104/h1-64H. The van der Waals surface area contributed by atoms with Crippen LogP contribution in [0.15, 0.2) is 388 Å². The van der Waals surface area contributed by atoms with Crippen molar-refractivity contribution in [1.82, 2.24) is 29.9 Å². The van der Waals surface area contributed by atoms with Crippen LogP contribution in [0.5, 0.6) is 23.0 Å². The van der Waals surface area contributed by atoms with Gasteiger partial charge in [-0.3, -0.25) is 0 Å². The highest BCUT2D eigenvalue weighted by Crippen LogP contribution is 2.64. The van der Waals surface area contributed by atoms with Crippen molar-refractivity contribution in [3.05, 3.63) is 433 Å². The smallest absolute Gasteiger partial charge is 0.164 e. The SMILES string of the molecule is c1ccc(-c2ccc(-c3nc(-c4ccc(-c5cccc(-c6cccc(-c7nc(-c8ccccc8)nc(-c8ccc(-c9ccc%10c(c9)Oc9ccccc9C%109c%10ccccc%10-c%10ccccc%109)cc8)n7)c6)c5)cc4)nc(-c4ccc(-c5ccc6c(c5)Oc5ccccc5C65c6ccccc6-c6ccccc65)cc4)n3)cc2)cc1. The van der Waals surface area contributed by atoms with Crippen LogP contribution in [0.2, 0.25) is 0 Å². The molecule has 0 bridgehead atoms. The van der Waals surface area contributed by atoms with Crippen molar-refractivity contribution in [2.75, 3.05) is 0 Å². The third kappa shape index (κ3) is 10.4. The average Bonchev–Trinajstić information content (AvgIpc) is 1.50. The summed E-state index contributed by atoms with van der Waals surface area (Å²) >= 11 is 0. The van der Waals surface area contributed by atoms with Gasteiger partial charge in [0.25, 0.3) is 0 Å². The summed E-state index contributed by atoms with van der Waals surface area (Å²) < 4.78 is 13.8. The van der Waals surface area contributed by atoms with Gasteiger partial charge in [-0.1, -0.05) is 352 Å². The Morgan fingerprint density at radius 1 is 0.143 bits per heavy atom. The number of benzene rings is 16. The monoisotopic (exact) mass is 1430 g/mol. The molecule has 0 atom stereocenters. The van der Waals surface area contributed by atoms with E-state index < -0.39 is 10.8 Å². The zero-order valence-electron chi connectivity index (χ0n) is 60.5. The minimum absolute atomic E-state index is 0.527. The molecule has 2 aliphatic heterocycles. The third-order valence-corrected chi connectivity index (χ3v) is 23.0. The zero-order chi connectivity index (χ0) is 73.9. The third-order valence-electron chi connectivity index (χ3n) is 23.0. The molecule has 0 N–H and O–H groups in total. The summed E-state index contributed by atoms with van der Waals surface area (Å²) in [5.74, 6) is 6.88. The molecule has 16 aromatic carbocycles. The fourth-order valence-electron chi connectivity index (χ4n) is 17.8. The van der Waals surface area contributed by atoms with Crippen LogP contribution < -0.4 is 9.47 Å². The Labute approximate surface area is 648 Å². The molecule has 4 aliphatic rings. The van der Waals surface area contributed by atoms with Crippen LogP contribution in [0.25, 0.3) is 146 Å². The number of ether oxygens (including phenoxy) is 2. The molecule has 4 heterocycles. The van der Waals surface area contributed by atoms with Gasteiger partial charge in [0, 0.05) is 55.6 Å². The number of hydrogen-bond donors (Lipinski definition) is 0. The number of hydrogen-bond acceptors (Lipinski definition) is 8. The maximum atomic E-state index is 6.90. The molecule has 522 valence electrons. The number of fused-ring (bicyclic) bond motifs is 18. The molecule has 8 nitrogen and oxygen atoms in total. The first-order chi connectivity index (χ1) is 55.4. The highest BCUT2D eigenvalue weighted by atomic mass is 16.5. The van der Waals surface area contributed by atoms with Gasteiger partial charge in [0.05, 0.1) is 10.8 Å². The Morgan fingerprint density at radius 3 is 0.723 bits per heavy atom. The van der Waals surface area contributed by atoms with E-state index in [0.717, 1.165) is 134 Å². The Morgan fingerprint density at radius 2 is 0.357 bits per heavy atom. The number of aromatic nitrogens is 6. The summed E-state index contributed by atoms with van der Waals surface area (Å²) in [6.07, 6.45) is 0. The first-order valence-corrected chi connectivity index (χ1v) is 37.9. The summed E-state index contributed by atoms with van der Waals surface area (Å²) in [5, 5.41) is 0. The van der Waals surface area contributed by atoms with E-state index in [-0.39, 0.29) is 0 Å². The second-order valence-electron chi connectivity index (χ2n) is 29.1. The molecule has 18 aromatic rings. The molecule has 22 rings (SSSR count). The van der Waals surface area contributed by atoms with Gasteiger partial charge < -0.3 is 9.47 Å². The summed E-state index contributed by atoms with van der Waals surface area (Å²) in [4.78, 5) is 31.2. The lowest BCUT2D eigenvalue weighted by Crippen LogP contribution is -2.32. The molecule has 0 saturated carbocycles. The Hall–Kier alpha value is -14.9. The van der Waals surface area contributed by atoms with Crippen molar-refractivity contribution < 1.29 is 9.47 Å². The lowest BCUT2D eigenvalue weighted by Gasteiger charge is -2.39. The molecule has 0 saturated heterocycles. The van der Waals surface area contributed by atoms with Gasteiger partial charge in [0.2, 0.25) is 0 Å². The minimum Gasteiger partial charge on any atom is -0.457 e. The van der Waals surface area contributed by atoms with Crippen molar-refractivity contribution in [2.45, 2.75) is 10.8 Å². The Kier molecular flexibility index (Phi) is 14.9. The molecule has 2 spiro atoms. The predicted octanol–water partition coefficient (Wildman–Crippen LogP) is 25.3. The van der Waals surface area contributed by atoms with Crippen LogP contribution in [0.3, 0.4) is 0 Å². The molecule has 0 radical (unpaired) electrons. The van der Waals surface area contributed by atoms with E-state index in [4.69, 9.17) is 39.4 Å². The van der Waals surface area contributed by atoms with Gasteiger partial charge in [0.15, 0.2) is 34.9 Å². The number of nitrogens with zero attached hydrogens (tertiary/aromatic N) is 6. The zero-order valence-corrected chi connectivity index (χ0v) is 60.5. The second kappa shape index (κ2) is 25.9. The van der Waals surface area contributed by atoms with Gasteiger partial charge in [-0.2, -0.15) is 0 Å². The largest absolute Gasteiger partial charge is 0.457 e. The predicted molar refractivity (Wildman–Crippen MR) is 448 cm³/mol. The fourth-order valence-corrected chi connectivity index (χ4v) is 17.8. The van der Waals surface area contributed by atoms with E-state index in [2.05, 4.69) is 352 Å². The molecule has 0 fully saturated rings. The van der Waals surface area contributed by atoms with Crippen LogP contribution >= 0.6 is 0 Å². The van der Waals surface area contributed by atoms with Crippen molar-refractivity contribution in [1.29, 1.82) is 0 Å². The van der Waals surface area contributed by atoms with E-state index >= 15 is 0 Å². The normalized spacial score (nSPS) is 13.1. The summed E-state index contributed by atoms with van der Waals surface area (Å²) in [6, 6.07) is 137. The van der Waals surface area contributed by atoms with Gasteiger partial charge in [-0.15, -0.1) is 0 Å². The molecule has 112 heavy (non-hydrogen) atoms. The first kappa shape index (κ1) is 64.3. The van der Waals surface area contributed by atoms with Crippen LogP contribution in [-0.2, 0) is 10.8 Å².